The second kappa shape index (κ2) is 9.23. The Hall–Kier alpha value is -4.39. The maximum Gasteiger partial charge on any atom is 0.196 e. The summed E-state index contributed by atoms with van der Waals surface area (Å²) in [6.07, 6.45) is 0.623. The molecule has 0 unspecified atom stereocenters. The molecule has 34 heavy (non-hydrogen) atoms. The second-order valence-corrected chi connectivity index (χ2v) is 8.08. The summed E-state index contributed by atoms with van der Waals surface area (Å²) in [5, 5.41) is 3.36. The van der Waals surface area contributed by atoms with Crippen molar-refractivity contribution in [2.75, 3.05) is 5.32 Å². The molecular formula is C27H22FN5O. The number of fused-ring (bicyclic) bond motifs is 1. The first kappa shape index (κ1) is 21.5. The fourth-order valence-corrected chi connectivity index (χ4v) is 3.94. The predicted octanol–water partition coefficient (Wildman–Crippen LogP) is 5.41. The highest BCUT2D eigenvalue weighted by Gasteiger charge is 2.20. The van der Waals surface area contributed by atoms with Crippen molar-refractivity contribution in [3.05, 3.63) is 107 Å². The Kier molecular flexibility index (Phi) is 5.82. The topological polar surface area (TPSA) is 72.7 Å². The first-order chi connectivity index (χ1) is 16.6. The Morgan fingerprint density at radius 1 is 0.912 bits per heavy atom. The van der Waals surface area contributed by atoms with E-state index in [0.29, 0.717) is 42.2 Å². The summed E-state index contributed by atoms with van der Waals surface area (Å²) >= 11 is 0. The third kappa shape index (κ3) is 4.41. The van der Waals surface area contributed by atoms with Gasteiger partial charge in [-0.2, -0.15) is 0 Å². The minimum atomic E-state index is -0.290. The number of hydrogen-bond donors (Lipinski definition) is 1. The number of nitrogens with one attached hydrogen (secondary N) is 1. The van der Waals surface area contributed by atoms with Gasteiger partial charge in [-0.25, -0.2) is 19.3 Å². The van der Waals surface area contributed by atoms with Crippen molar-refractivity contribution in [2.24, 2.45) is 0 Å². The molecule has 168 valence electrons. The predicted molar refractivity (Wildman–Crippen MR) is 130 cm³/mol. The summed E-state index contributed by atoms with van der Waals surface area (Å²) in [4.78, 5) is 25.2. The number of aromatic nitrogens is 4. The van der Waals surface area contributed by atoms with Crippen LogP contribution in [0.2, 0.25) is 0 Å². The molecule has 0 bridgehead atoms. The van der Waals surface area contributed by atoms with E-state index >= 15 is 0 Å². The third-order valence-corrected chi connectivity index (χ3v) is 5.56. The number of nitrogens with zero attached hydrogens (tertiary/aromatic N) is 4. The molecule has 3 aromatic carbocycles. The molecule has 2 heterocycles. The Labute approximate surface area is 196 Å². The lowest BCUT2D eigenvalue weighted by Gasteiger charge is -2.13. The fraction of sp³-hybridized carbons (Fsp3) is 0.111. The summed E-state index contributed by atoms with van der Waals surface area (Å²) in [5.41, 5.74) is 5.10. The Morgan fingerprint density at radius 3 is 2.44 bits per heavy atom. The van der Waals surface area contributed by atoms with E-state index in [4.69, 9.17) is 4.98 Å². The standard InChI is InChI=1S/C27H22FN5O/c1-18-6-5-9-21(14-18)27-32-26-24(33(27)16-20-10-12-22(28)13-11-20)25(30-23(17-34)31-26)29-15-19-7-3-2-4-8-19/h2-14,17H,15-16H2,1H3,(H,29,30,31). The lowest BCUT2D eigenvalue weighted by atomic mass is 10.1. The zero-order valence-electron chi connectivity index (χ0n) is 18.6. The average molecular weight is 452 g/mol. The van der Waals surface area contributed by atoms with Gasteiger partial charge < -0.3 is 9.88 Å². The van der Waals surface area contributed by atoms with Crippen molar-refractivity contribution in [3.8, 4) is 11.4 Å². The van der Waals surface area contributed by atoms with Crippen molar-refractivity contribution in [3.63, 3.8) is 0 Å². The van der Waals surface area contributed by atoms with Gasteiger partial charge in [-0.15, -0.1) is 0 Å². The van der Waals surface area contributed by atoms with E-state index in [0.717, 1.165) is 22.3 Å². The molecule has 7 heteroatoms. The van der Waals surface area contributed by atoms with E-state index in [1.54, 1.807) is 12.1 Å². The van der Waals surface area contributed by atoms with Gasteiger partial charge in [-0.1, -0.05) is 66.2 Å². The number of anilines is 1. The van der Waals surface area contributed by atoms with Gasteiger partial charge >= 0.3 is 0 Å². The minimum Gasteiger partial charge on any atom is -0.364 e. The quantitative estimate of drug-likeness (QED) is 0.335. The molecular weight excluding hydrogens is 429 g/mol. The van der Waals surface area contributed by atoms with Gasteiger partial charge in [0.25, 0.3) is 0 Å². The molecule has 6 nitrogen and oxygen atoms in total. The second-order valence-electron chi connectivity index (χ2n) is 8.08. The van der Waals surface area contributed by atoms with Gasteiger partial charge in [-0.05, 0) is 36.2 Å². The van der Waals surface area contributed by atoms with Crippen LogP contribution in [0.1, 0.15) is 27.3 Å². The monoisotopic (exact) mass is 451 g/mol. The fourth-order valence-electron chi connectivity index (χ4n) is 3.94. The molecule has 5 aromatic rings. The van der Waals surface area contributed by atoms with Crippen LogP contribution in [0.25, 0.3) is 22.6 Å². The number of imidazole rings is 1. The van der Waals surface area contributed by atoms with E-state index in [9.17, 15) is 9.18 Å². The first-order valence-electron chi connectivity index (χ1n) is 10.9. The Balaban J connectivity index is 1.68. The highest BCUT2D eigenvalue weighted by Crippen LogP contribution is 2.30. The molecule has 0 aliphatic rings. The molecule has 0 saturated heterocycles. The molecule has 0 fully saturated rings. The van der Waals surface area contributed by atoms with Crippen LogP contribution in [0, 0.1) is 12.7 Å². The van der Waals surface area contributed by atoms with Crippen LogP contribution in [0.3, 0.4) is 0 Å². The van der Waals surface area contributed by atoms with Crippen molar-refractivity contribution in [2.45, 2.75) is 20.0 Å². The number of aldehydes is 1. The number of hydrogen-bond acceptors (Lipinski definition) is 5. The van der Waals surface area contributed by atoms with Crippen LogP contribution >= 0.6 is 0 Å². The van der Waals surface area contributed by atoms with E-state index in [1.165, 1.54) is 12.1 Å². The van der Waals surface area contributed by atoms with E-state index in [-0.39, 0.29) is 11.6 Å². The van der Waals surface area contributed by atoms with Gasteiger partial charge in [-0.3, -0.25) is 4.79 Å². The molecule has 0 atom stereocenters. The summed E-state index contributed by atoms with van der Waals surface area (Å²) < 4.78 is 15.5. The van der Waals surface area contributed by atoms with Gasteiger partial charge in [0.2, 0.25) is 0 Å². The maximum absolute atomic E-state index is 13.5. The van der Waals surface area contributed by atoms with Crippen LogP contribution in [-0.4, -0.2) is 25.8 Å². The lowest BCUT2D eigenvalue weighted by Crippen LogP contribution is -2.09. The SMILES string of the molecule is Cc1cccc(-c2nc3nc(C=O)nc(NCc4ccccc4)c3n2Cc2ccc(F)cc2)c1. The normalized spacial score (nSPS) is 11.0. The van der Waals surface area contributed by atoms with Crippen LogP contribution in [-0.2, 0) is 13.1 Å². The van der Waals surface area contributed by atoms with Crippen LogP contribution in [0.15, 0.2) is 78.9 Å². The van der Waals surface area contributed by atoms with Crippen molar-refractivity contribution in [1.82, 2.24) is 19.5 Å². The van der Waals surface area contributed by atoms with E-state index in [2.05, 4.69) is 15.3 Å². The number of rotatable bonds is 7. The molecule has 0 aliphatic heterocycles. The van der Waals surface area contributed by atoms with Crippen LogP contribution in [0.5, 0.6) is 0 Å². The summed E-state index contributed by atoms with van der Waals surface area (Å²) in [7, 11) is 0. The van der Waals surface area contributed by atoms with Crippen molar-refractivity contribution >= 4 is 23.3 Å². The Morgan fingerprint density at radius 2 is 1.71 bits per heavy atom. The van der Waals surface area contributed by atoms with Crippen LogP contribution in [0.4, 0.5) is 10.2 Å². The molecule has 1 N–H and O–H groups in total. The highest BCUT2D eigenvalue weighted by atomic mass is 19.1. The maximum atomic E-state index is 13.5. The van der Waals surface area contributed by atoms with Gasteiger partial charge in [0.15, 0.2) is 23.6 Å². The number of aryl methyl sites for hydroxylation is 1. The van der Waals surface area contributed by atoms with E-state index in [1.807, 2.05) is 66.1 Å². The number of carbonyl (C=O) groups excluding carboxylic acids is 1. The molecule has 0 aliphatic carbocycles. The largest absolute Gasteiger partial charge is 0.364 e. The summed E-state index contributed by atoms with van der Waals surface area (Å²) in [6, 6.07) is 24.3. The van der Waals surface area contributed by atoms with Gasteiger partial charge in [0, 0.05) is 18.7 Å². The molecule has 5 rings (SSSR count). The number of carbonyl (C=O) groups is 1. The van der Waals surface area contributed by atoms with Crippen molar-refractivity contribution < 1.29 is 9.18 Å². The number of benzene rings is 3. The third-order valence-electron chi connectivity index (χ3n) is 5.56. The number of halogens is 1. The van der Waals surface area contributed by atoms with E-state index < -0.39 is 0 Å². The minimum absolute atomic E-state index is 0.0605. The zero-order chi connectivity index (χ0) is 23.5. The molecule has 0 radical (unpaired) electrons. The molecule has 0 spiro atoms. The lowest BCUT2D eigenvalue weighted by molar-refractivity contribution is 0.111. The summed E-state index contributed by atoms with van der Waals surface area (Å²) in [5.74, 6) is 0.986. The average Bonchev–Trinajstić information content (AvgIpc) is 3.22. The van der Waals surface area contributed by atoms with Crippen LogP contribution < -0.4 is 5.32 Å². The molecule has 0 amide bonds. The first-order valence-corrected chi connectivity index (χ1v) is 10.9. The molecule has 0 saturated carbocycles. The van der Waals surface area contributed by atoms with Gasteiger partial charge in [0.05, 0.1) is 0 Å². The summed E-state index contributed by atoms with van der Waals surface area (Å²) in [6.45, 7) is 2.98. The smallest absolute Gasteiger partial charge is 0.196 e. The Bertz CT molecular complexity index is 1460. The van der Waals surface area contributed by atoms with Crippen molar-refractivity contribution in [1.29, 1.82) is 0 Å². The molecule has 2 aromatic heterocycles. The zero-order valence-corrected chi connectivity index (χ0v) is 18.6. The highest BCUT2D eigenvalue weighted by molar-refractivity contribution is 5.89. The van der Waals surface area contributed by atoms with Gasteiger partial charge in [0.1, 0.15) is 17.2 Å².